The van der Waals surface area contributed by atoms with Crippen molar-refractivity contribution in [1.29, 1.82) is 0 Å². The Morgan fingerprint density at radius 1 is 1.30 bits per heavy atom. The average Bonchev–Trinajstić information content (AvgIpc) is 2.94. The summed E-state index contributed by atoms with van der Waals surface area (Å²) in [6, 6.07) is 9.47. The largest absolute Gasteiger partial charge is 0.355 e. The van der Waals surface area contributed by atoms with Gasteiger partial charge in [-0.15, -0.1) is 0 Å². The molecule has 0 radical (unpaired) electrons. The maximum absolute atomic E-state index is 11.8. The van der Waals surface area contributed by atoms with Gasteiger partial charge in [-0.3, -0.25) is 14.9 Å². The molecule has 2 heterocycles. The van der Waals surface area contributed by atoms with Crippen molar-refractivity contribution in [2.24, 2.45) is 0 Å². The molecular weight excluding hydrogens is 272 g/mol. The van der Waals surface area contributed by atoms with Crippen LogP contribution in [0, 0.1) is 0 Å². The number of aromatic nitrogens is 3. The summed E-state index contributed by atoms with van der Waals surface area (Å²) >= 11 is 1.51. The molecule has 0 atom stereocenters. The van der Waals surface area contributed by atoms with E-state index in [4.69, 9.17) is 0 Å². The highest BCUT2D eigenvalue weighted by atomic mass is 32.2. The number of H-pyrrole nitrogens is 1. The lowest BCUT2D eigenvalue weighted by atomic mass is 10.2. The highest BCUT2D eigenvalue weighted by Crippen LogP contribution is 2.31. The van der Waals surface area contributed by atoms with Crippen LogP contribution in [0.1, 0.15) is 10.4 Å². The first-order valence-corrected chi connectivity index (χ1v) is 6.87. The zero-order valence-electron chi connectivity index (χ0n) is 10.8. The van der Waals surface area contributed by atoms with Crippen molar-refractivity contribution < 1.29 is 4.79 Å². The number of nitrogens with zero attached hydrogens (tertiary/aromatic N) is 2. The van der Waals surface area contributed by atoms with E-state index in [0.29, 0.717) is 5.56 Å². The van der Waals surface area contributed by atoms with Crippen LogP contribution in [0.3, 0.4) is 0 Å². The van der Waals surface area contributed by atoms with Crippen LogP contribution in [0.5, 0.6) is 0 Å². The fraction of sp³-hybridized carbons (Fsp3) is 0.0714. The van der Waals surface area contributed by atoms with Crippen molar-refractivity contribution in [1.82, 2.24) is 20.5 Å². The molecule has 20 heavy (non-hydrogen) atoms. The second-order valence-electron chi connectivity index (χ2n) is 4.15. The zero-order valence-corrected chi connectivity index (χ0v) is 11.6. The van der Waals surface area contributed by atoms with Gasteiger partial charge in [-0.25, -0.2) is 0 Å². The normalized spacial score (nSPS) is 10.7. The number of pyridine rings is 1. The van der Waals surface area contributed by atoms with Gasteiger partial charge in [0, 0.05) is 23.0 Å². The molecule has 0 aliphatic rings. The second-order valence-corrected chi connectivity index (χ2v) is 5.27. The van der Waals surface area contributed by atoms with Crippen molar-refractivity contribution >= 4 is 28.7 Å². The minimum absolute atomic E-state index is 0.0938. The van der Waals surface area contributed by atoms with Crippen molar-refractivity contribution in [3.63, 3.8) is 0 Å². The molecule has 0 unspecified atom stereocenters. The predicted molar refractivity (Wildman–Crippen MR) is 77.8 cm³/mol. The summed E-state index contributed by atoms with van der Waals surface area (Å²) in [5.74, 6) is -0.0938. The molecule has 0 bridgehead atoms. The van der Waals surface area contributed by atoms with Gasteiger partial charge in [0.15, 0.2) is 0 Å². The van der Waals surface area contributed by atoms with E-state index >= 15 is 0 Å². The maximum Gasteiger partial charge on any atom is 0.252 e. The lowest BCUT2D eigenvalue weighted by Gasteiger charge is -2.07. The molecule has 0 saturated carbocycles. The number of carbonyl (C=O) groups excluding carboxylic acids is 1. The van der Waals surface area contributed by atoms with E-state index in [0.717, 1.165) is 20.8 Å². The van der Waals surface area contributed by atoms with Crippen LogP contribution in [0.25, 0.3) is 11.0 Å². The molecule has 100 valence electrons. The smallest absolute Gasteiger partial charge is 0.252 e. The van der Waals surface area contributed by atoms with E-state index in [-0.39, 0.29) is 5.91 Å². The minimum atomic E-state index is -0.0938. The van der Waals surface area contributed by atoms with Crippen molar-refractivity contribution in [2.45, 2.75) is 9.79 Å². The maximum atomic E-state index is 11.8. The third kappa shape index (κ3) is 2.37. The van der Waals surface area contributed by atoms with Gasteiger partial charge >= 0.3 is 0 Å². The van der Waals surface area contributed by atoms with Crippen LogP contribution in [-0.4, -0.2) is 28.1 Å². The number of fused-ring (bicyclic) bond motifs is 1. The summed E-state index contributed by atoms with van der Waals surface area (Å²) in [6.45, 7) is 0. The number of carbonyl (C=O) groups is 1. The third-order valence-electron chi connectivity index (χ3n) is 2.85. The molecule has 1 aromatic carbocycles. The standard InChI is InChI=1S/C14H12N4OS/c1-15-14(19)10-4-2-3-5-13(10)20-9-6-11-12(16-7-9)8-17-18-11/h2-8H,1H3,(H,15,19)(H,17,18). The molecule has 3 rings (SSSR count). The van der Waals surface area contributed by atoms with Gasteiger partial charge < -0.3 is 5.32 Å². The van der Waals surface area contributed by atoms with Gasteiger partial charge in [-0.1, -0.05) is 23.9 Å². The Morgan fingerprint density at radius 3 is 3.00 bits per heavy atom. The molecule has 1 amide bonds. The molecule has 2 N–H and O–H groups in total. The topological polar surface area (TPSA) is 70.7 Å². The summed E-state index contributed by atoms with van der Waals surface area (Å²) in [6.07, 6.45) is 3.46. The molecule has 0 aliphatic heterocycles. The molecule has 5 nitrogen and oxygen atoms in total. The zero-order chi connectivity index (χ0) is 13.9. The Hall–Kier alpha value is -2.34. The van der Waals surface area contributed by atoms with E-state index < -0.39 is 0 Å². The average molecular weight is 284 g/mol. The molecule has 0 fully saturated rings. The van der Waals surface area contributed by atoms with E-state index in [1.807, 2.05) is 30.3 Å². The van der Waals surface area contributed by atoms with E-state index in [1.54, 1.807) is 19.4 Å². The first-order valence-electron chi connectivity index (χ1n) is 6.06. The molecule has 0 spiro atoms. The van der Waals surface area contributed by atoms with Crippen LogP contribution >= 0.6 is 11.8 Å². The molecule has 0 aliphatic carbocycles. The molecular formula is C14H12N4OS. The Morgan fingerprint density at radius 2 is 2.15 bits per heavy atom. The van der Waals surface area contributed by atoms with Gasteiger partial charge in [0.25, 0.3) is 5.91 Å². The summed E-state index contributed by atoms with van der Waals surface area (Å²) in [4.78, 5) is 18.0. The number of aromatic amines is 1. The third-order valence-corrected chi connectivity index (χ3v) is 3.89. The van der Waals surface area contributed by atoms with Crippen LogP contribution in [-0.2, 0) is 0 Å². The summed E-state index contributed by atoms with van der Waals surface area (Å²) in [7, 11) is 1.63. The lowest BCUT2D eigenvalue weighted by molar-refractivity contribution is 0.0960. The number of nitrogens with one attached hydrogen (secondary N) is 2. The molecule has 0 saturated heterocycles. The van der Waals surface area contributed by atoms with Crippen LogP contribution in [0.4, 0.5) is 0 Å². The summed E-state index contributed by atoms with van der Waals surface area (Å²) < 4.78 is 0. The number of hydrogen-bond donors (Lipinski definition) is 2. The van der Waals surface area contributed by atoms with Crippen LogP contribution in [0.15, 0.2) is 52.5 Å². The first kappa shape index (κ1) is 12.7. The number of amides is 1. The SMILES string of the molecule is CNC(=O)c1ccccc1Sc1cnc2cn[nH]c2c1. The van der Waals surface area contributed by atoms with Gasteiger partial charge in [0.2, 0.25) is 0 Å². The molecule has 6 heteroatoms. The fourth-order valence-electron chi connectivity index (χ4n) is 1.87. The van der Waals surface area contributed by atoms with Crippen molar-refractivity contribution in [3.8, 4) is 0 Å². The van der Waals surface area contributed by atoms with Gasteiger partial charge in [-0.05, 0) is 18.2 Å². The lowest BCUT2D eigenvalue weighted by Crippen LogP contribution is -2.18. The number of hydrogen-bond acceptors (Lipinski definition) is 4. The number of benzene rings is 1. The van der Waals surface area contributed by atoms with Gasteiger partial charge in [-0.2, -0.15) is 5.10 Å². The Kier molecular flexibility index (Phi) is 3.39. The summed E-state index contributed by atoms with van der Waals surface area (Å²) in [5, 5.41) is 9.49. The Labute approximate surface area is 119 Å². The van der Waals surface area contributed by atoms with Gasteiger partial charge in [0.05, 0.1) is 17.3 Å². The van der Waals surface area contributed by atoms with E-state index in [1.165, 1.54) is 11.8 Å². The molecule has 2 aromatic heterocycles. The van der Waals surface area contributed by atoms with E-state index in [2.05, 4.69) is 20.5 Å². The fourth-order valence-corrected chi connectivity index (χ4v) is 2.83. The Bertz CT molecular complexity index is 768. The predicted octanol–water partition coefficient (Wildman–Crippen LogP) is 2.47. The highest BCUT2D eigenvalue weighted by Gasteiger charge is 2.11. The van der Waals surface area contributed by atoms with Crippen LogP contribution in [0.2, 0.25) is 0 Å². The minimum Gasteiger partial charge on any atom is -0.355 e. The van der Waals surface area contributed by atoms with E-state index in [9.17, 15) is 4.79 Å². The Balaban J connectivity index is 1.96. The second kappa shape index (κ2) is 5.34. The van der Waals surface area contributed by atoms with Crippen LogP contribution < -0.4 is 5.32 Å². The number of rotatable bonds is 3. The quantitative estimate of drug-likeness (QED) is 0.775. The van der Waals surface area contributed by atoms with Crippen molar-refractivity contribution in [2.75, 3.05) is 7.05 Å². The van der Waals surface area contributed by atoms with Gasteiger partial charge in [0.1, 0.15) is 5.52 Å². The van der Waals surface area contributed by atoms with Crippen molar-refractivity contribution in [3.05, 3.63) is 48.3 Å². The highest BCUT2D eigenvalue weighted by molar-refractivity contribution is 7.99. The molecule has 3 aromatic rings. The monoisotopic (exact) mass is 284 g/mol. The summed E-state index contributed by atoms with van der Waals surface area (Å²) in [5.41, 5.74) is 2.37. The first-order chi connectivity index (χ1) is 9.78.